The van der Waals surface area contributed by atoms with Crippen LogP contribution < -0.4 is 15.8 Å². The number of halogens is 3. The Kier molecular flexibility index (Phi) is 5.14. The molecule has 2 heterocycles. The summed E-state index contributed by atoms with van der Waals surface area (Å²) in [6.45, 7) is 2.11. The lowest BCUT2D eigenvalue weighted by Crippen LogP contribution is -2.54. The maximum Gasteiger partial charge on any atom is 0.277 e. The normalized spacial score (nSPS) is 16.7. The number of carbonyl (C=O) groups excluding carboxylic acids is 2. The summed E-state index contributed by atoms with van der Waals surface area (Å²) in [7, 11) is 1.53. The van der Waals surface area contributed by atoms with Crippen LogP contribution in [0.2, 0.25) is 0 Å². The molecule has 1 saturated carbocycles. The minimum Gasteiger partial charge on any atom is -0.502 e. The SMILES string of the molecule is CN1CN(CC2(C)CC2)n2cc(C(=O)NCc3c(F)cc(F)cc3F)c(=O)c(O)c2C1=O. The smallest absolute Gasteiger partial charge is 0.277 e. The Morgan fingerprint density at radius 1 is 1.19 bits per heavy atom. The van der Waals surface area contributed by atoms with Crippen molar-refractivity contribution in [1.29, 1.82) is 0 Å². The first-order valence-electron chi connectivity index (χ1n) is 9.92. The van der Waals surface area contributed by atoms with Crippen LogP contribution in [-0.4, -0.2) is 46.8 Å². The van der Waals surface area contributed by atoms with Crippen LogP contribution in [-0.2, 0) is 6.54 Å². The largest absolute Gasteiger partial charge is 0.502 e. The third-order valence-corrected chi connectivity index (χ3v) is 5.84. The second-order valence-electron chi connectivity index (χ2n) is 8.56. The molecule has 0 atom stereocenters. The number of pyridine rings is 1. The number of aromatic hydroxyl groups is 1. The standard InChI is InChI=1S/C21H21F3N4O4/c1-21(3-4-21)9-27-10-26(2)20(32)16-18(30)17(29)13(8-28(16)27)19(31)25-7-12-14(23)5-11(22)6-15(12)24/h5-6,8,30H,3-4,7,9-10H2,1-2H3,(H,25,31). The third kappa shape index (κ3) is 3.78. The first kappa shape index (κ1) is 21.7. The van der Waals surface area contributed by atoms with Gasteiger partial charge >= 0.3 is 0 Å². The highest BCUT2D eigenvalue weighted by Gasteiger charge is 2.42. The zero-order valence-electron chi connectivity index (χ0n) is 17.4. The van der Waals surface area contributed by atoms with E-state index in [4.69, 9.17) is 0 Å². The molecule has 0 spiro atoms. The summed E-state index contributed by atoms with van der Waals surface area (Å²) in [6.07, 6.45) is 3.09. The molecule has 2 aliphatic rings. The van der Waals surface area contributed by atoms with Gasteiger partial charge in [-0.1, -0.05) is 6.92 Å². The Bertz CT molecular complexity index is 1170. The van der Waals surface area contributed by atoms with Gasteiger partial charge in [-0.3, -0.25) is 24.1 Å². The van der Waals surface area contributed by atoms with E-state index in [1.54, 1.807) is 5.01 Å². The van der Waals surface area contributed by atoms with Crippen molar-refractivity contribution in [3.8, 4) is 5.75 Å². The molecular formula is C21H21F3N4O4. The number of hydrogen-bond donors (Lipinski definition) is 2. The van der Waals surface area contributed by atoms with Crippen LogP contribution >= 0.6 is 0 Å². The zero-order valence-corrected chi connectivity index (χ0v) is 17.4. The minimum atomic E-state index is -1.19. The lowest BCUT2D eigenvalue weighted by molar-refractivity contribution is 0.0726. The summed E-state index contributed by atoms with van der Waals surface area (Å²) < 4.78 is 42.0. The second-order valence-corrected chi connectivity index (χ2v) is 8.56. The first-order valence-corrected chi connectivity index (χ1v) is 9.92. The van der Waals surface area contributed by atoms with Crippen LogP contribution in [0, 0.1) is 22.9 Å². The van der Waals surface area contributed by atoms with Gasteiger partial charge in [-0.2, -0.15) is 0 Å². The fraction of sp³-hybridized carbons (Fsp3) is 0.381. The number of hydrogen-bond acceptors (Lipinski definition) is 5. The summed E-state index contributed by atoms with van der Waals surface area (Å²) >= 11 is 0. The van der Waals surface area contributed by atoms with Crippen molar-refractivity contribution in [2.45, 2.75) is 26.3 Å². The number of amides is 2. The van der Waals surface area contributed by atoms with Crippen LogP contribution in [0.5, 0.6) is 5.75 Å². The van der Waals surface area contributed by atoms with Crippen LogP contribution in [0.25, 0.3) is 0 Å². The highest BCUT2D eigenvalue weighted by molar-refractivity contribution is 5.99. The molecule has 0 saturated heterocycles. The minimum absolute atomic E-state index is 0.0112. The van der Waals surface area contributed by atoms with Crippen LogP contribution in [0.15, 0.2) is 23.1 Å². The maximum absolute atomic E-state index is 13.8. The van der Waals surface area contributed by atoms with Crippen molar-refractivity contribution in [2.75, 3.05) is 25.3 Å². The van der Waals surface area contributed by atoms with Gasteiger partial charge in [-0.25, -0.2) is 13.2 Å². The molecule has 1 aromatic carbocycles. The van der Waals surface area contributed by atoms with E-state index in [0.717, 1.165) is 19.0 Å². The third-order valence-electron chi connectivity index (χ3n) is 5.84. The molecule has 170 valence electrons. The molecular weight excluding hydrogens is 429 g/mol. The molecule has 8 nitrogen and oxygen atoms in total. The molecule has 0 unspecified atom stereocenters. The van der Waals surface area contributed by atoms with Crippen molar-refractivity contribution in [2.24, 2.45) is 5.41 Å². The zero-order chi connectivity index (χ0) is 23.4. The number of carbonyl (C=O) groups is 2. The van der Waals surface area contributed by atoms with E-state index in [1.807, 2.05) is 0 Å². The van der Waals surface area contributed by atoms with E-state index in [9.17, 15) is 32.7 Å². The molecule has 1 aromatic heterocycles. The van der Waals surface area contributed by atoms with Crippen molar-refractivity contribution in [3.05, 3.63) is 62.8 Å². The number of nitrogens with zero attached hydrogens (tertiary/aromatic N) is 3. The highest BCUT2D eigenvalue weighted by Crippen LogP contribution is 2.45. The number of benzene rings is 1. The summed E-state index contributed by atoms with van der Waals surface area (Å²) in [5.74, 6) is -5.96. The van der Waals surface area contributed by atoms with Gasteiger partial charge in [0.25, 0.3) is 11.8 Å². The van der Waals surface area contributed by atoms with Crippen molar-refractivity contribution >= 4 is 11.8 Å². The number of aromatic nitrogens is 1. The topological polar surface area (TPSA) is 94.9 Å². The van der Waals surface area contributed by atoms with E-state index in [-0.39, 0.29) is 17.8 Å². The van der Waals surface area contributed by atoms with Gasteiger partial charge in [-0.15, -0.1) is 0 Å². The second kappa shape index (κ2) is 7.57. The van der Waals surface area contributed by atoms with Crippen molar-refractivity contribution in [1.82, 2.24) is 14.9 Å². The van der Waals surface area contributed by atoms with E-state index >= 15 is 0 Å². The molecule has 2 aromatic rings. The molecule has 4 rings (SSSR count). The van der Waals surface area contributed by atoms with Gasteiger partial charge in [0.1, 0.15) is 29.7 Å². The summed E-state index contributed by atoms with van der Waals surface area (Å²) in [5, 5.41) is 14.4. The van der Waals surface area contributed by atoms with Crippen molar-refractivity contribution in [3.63, 3.8) is 0 Å². The van der Waals surface area contributed by atoms with Gasteiger partial charge in [0.15, 0.2) is 11.4 Å². The first-order chi connectivity index (χ1) is 15.0. The number of rotatable bonds is 5. The van der Waals surface area contributed by atoms with E-state index in [0.29, 0.717) is 18.7 Å². The lowest BCUT2D eigenvalue weighted by atomic mass is 10.1. The van der Waals surface area contributed by atoms with E-state index in [2.05, 4.69) is 12.2 Å². The fourth-order valence-corrected chi connectivity index (χ4v) is 3.67. The van der Waals surface area contributed by atoms with Gasteiger partial charge in [-0.05, 0) is 18.3 Å². The predicted molar refractivity (Wildman–Crippen MR) is 107 cm³/mol. The molecule has 2 N–H and O–H groups in total. The predicted octanol–water partition coefficient (Wildman–Crippen LogP) is 1.68. The molecule has 1 aliphatic carbocycles. The van der Waals surface area contributed by atoms with Crippen molar-refractivity contribution < 1.29 is 27.9 Å². The quantitative estimate of drug-likeness (QED) is 0.723. The van der Waals surface area contributed by atoms with Gasteiger partial charge < -0.3 is 15.3 Å². The van der Waals surface area contributed by atoms with Gasteiger partial charge in [0.2, 0.25) is 5.43 Å². The van der Waals surface area contributed by atoms with Crippen LogP contribution in [0.1, 0.15) is 46.2 Å². The molecule has 1 fully saturated rings. The number of nitrogens with one attached hydrogen (secondary N) is 1. The molecule has 0 bridgehead atoms. The maximum atomic E-state index is 13.8. The average Bonchev–Trinajstić information content (AvgIpc) is 3.43. The summed E-state index contributed by atoms with van der Waals surface area (Å²) in [4.78, 5) is 39.2. The molecule has 2 amide bonds. The average molecular weight is 450 g/mol. The van der Waals surface area contributed by atoms with Crippen LogP contribution in [0.3, 0.4) is 0 Å². The van der Waals surface area contributed by atoms with Crippen LogP contribution in [0.4, 0.5) is 13.2 Å². The molecule has 0 radical (unpaired) electrons. The number of fused-ring (bicyclic) bond motifs is 1. The van der Waals surface area contributed by atoms with Gasteiger partial charge in [0, 0.05) is 44.0 Å². The van der Waals surface area contributed by atoms with Gasteiger partial charge in [0.05, 0.1) is 0 Å². The molecule has 32 heavy (non-hydrogen) atoms. The summed E-state index contributed by atoms with van der Waals surface area (Å²) in [5.41, 5.74) is -2.42. The molecule has 1 aliphatic heterocycles. The van der Waals surface area contributed by atoms with E-state index in [1.165, 1.54) is 16.6 Å². The highest BCUT2D eigenvalue weighted by atomic mass is 19.1. The Labute approximate surface area is 180 Å². The summed E-state index contributed by atoms with van der Waals surface area (Å²) in [6, 6.07) is 0.950. The monoisotopic (exact) mass is 450 g/mol. The Morgan fingerprint density at radius 2 is 1.81 bits per heavy atom. The lowest BCUT2D eigenvalue weighted by Gasteiger charge is -2.39. The molecule has 11 heteroatoms. The van der Waals surface area contributed by atoms with E-state index < -0.39 is 58.1 Å². The Hall–Kier alpha value is -3.50. The fourth-order valence-electron chi connectivity index (χ4n) is 3.67. The Morgan fingerprint density at radius 3 is 2.41 bits per heavy atom. The Balaban J connectivity index is 1.67.